The van der Waals surface area contributed by atoms with E-state index in [0.717, 1.165) is 24.5 Å². The molecule has 1 saturated carbocycles. The first-order valence-electron chi connectivity index (χ1n) is 10.1. The third-order valence-electron chi connectivity index (χ3n) is 5.39. The van der Waals surface area contributed by atoms with Crippen molar-refractivity contribution in [3.05, 3.63) is 0 Å². The van der Waals surface area contributed by atoms with E-state index in [2.05, 4.69) is 53.4 Å². The Morgan fingerprint density at radius 3 is 2.12 bits per heavy atom. The monoisotopic (exact) mass is 339 g/mol. The Kier molecular flexibility index (Phi) is 6.78. The maximum absolute atomic E-state index is 6.08. The van der Waals surface area contributed by atoms with Gasteiger partial charge >= 0.3 is 0 Å². The minimum atomic E-state index is 0.00219. The van der Waals surface area contributed by atoms with E-state index in [1.54, 1.807) is 0 Å². The summed E-state index contributed by atoms with van der Waals surface area (Å²) in [6.45, 7) is 18.8. The number of rotatable bonds is 6. The third-order valence-corrected chi connectivity index (χ3v) is 5.39. The van der Waals surface area contributed by atoms with E-state index in [-0.39, 0.29) is 11.2 Å². The fourth-order valence-electron chi connectivity index (χ4n) is 4.13. The van der Waals surface area contributed by atoms with Crippen molar-refractivity contribution in [2.24, 2.45) is 11.8 Å². The number of hydrogen-bond acceptors (Lipinski definition) is 3. The van der Waals surface area contributed by atoms with Crippen LogP contribution in [0.15, 0.2) is 0 Å². The van der Waals surface area contributed by atoms with E-state index >= 15 is 0 Å². The van der Waals surface area contributed by atoms with Gasteiger partial charge in [-0.25, -0.2) is 0 Å². The molecule has 0 bridgehead atoms. The SMILES string of the molecule is C[C@H]1C[C@H](CCOC(C)(C)C)CCN1CC1CC(OC(C)(C)C)C1. The molecule has 0 spiro atoms. The van der Waals surface area contributed by atoms with E-state index in [1.165, 1.54) is 45.2 Å². The highest BCUT2D eigenvalue weighted by Crippen LogP contribution is 2.35. The number of likely N-dealkylation sites (tertiary alicyclic amines) is 1. The van der Waals surface area contributed by atoms with Crippen molar-refractivity contribution in [3.63, 3.8) is 0 Å². The average Bonchev–Trinajstić information content (AvgIpc) is 2.36. The molecule has 0 aromatic heterocycles. The first-order valence-corrected chi connectivity index (χ1v) is 10.1. The minimum absolute atomic E-state index is 0.00219. The number of nitrogens with zero attached hydrogens (tertiary/aromatic N) is 1. The van der Waals surface area contributed by atoms with Gasteiger partial charge in [0.25, 0.3) is 0 Å². The Balaban J connectivity index is 1.62. The van der Waals surface area contributed by atoms with Crippen LogP contribution in [0, 0.1) is 11.8 Å². The summed E-state index contributed by atoms with van der Waals surface area (Å²) in [5, 5.41) is 0. The molecule has 2 rings (SSSR count). The van der Waals surface area contributed by atoms with Crippen LogP contribution in [0.25, 0.3) is 0 Å². The van der Waals surface area contributed by atoms with Gasteiger partial charge in [-0.3, -0.25) is 0 Å². The van der Waals surface area contributed by atoms with Gasteiger partial charge < -0.3 is 14.4 Å². The zero-order chi connectivity index (χ0) is 18.0. The van der Waals surface area contributed by atoms with Gasteiger partial charge in [0.2, 0.25) is 0 Å². The molecule has 1 heterocycles. The zero-order valence-corrected chi connectivity index (χ0v) is 17.2. The normalized spacial score (nSPS) is 32.6. The molecule has 0 N–H and O–H groups in total. The van der Waals surface area contributed by atoms with Crippen molar-refractivity contribution in [3.8, 4) is 0 Å². The quantitative estimate of drug-likeness (QED) is 0.688. The predicted octanol–water partition coefficient (Wildman–Crippen LogP) is 4.89. The summed E-state index contributed by atoms with van der Waals surface area (Å²) in [7, 11) is 0. The van der Waals surface area contributed by atoms with Crippen molar-refractivity contribution in [1.82, 2.24) is 4.90 Å². The lowest BCUT2D eigenvalue weighted by atomic mass is 9.80. The van der Waals surface area contributed by atoms with Gasteiger partial charge in [-0.2, -0.15) is 0 Å². The lowest BCUT2D eigenvalue weighted by molar-refractivity contribution is -0.117. The summed E-state index contributed by atoms with van der Waals surface area (Å²) in [6.07, 6.45) is 6.90. The molecule has 3 heteroatoms. The van der Waals surface area contributed by atoms with E-state index in [9.17, 15) is 0 Å². The lowest BCUT2D eigenvalue weighted by Crippen LogP contribution is -2.48. The Morgan fingerprint density at radius 1 is 0.917 bits per heavy atom. The van der Waals surface area contributed by atoms with Crippen LogP contribution >= 0.6 is 0 Å². The molecule has 2 fully saturated rings. The molecular weight excluding hydrogens is 298 g/mol. The molecule has 0 unspecified atom stereocenters. The highest BCUT2D eigenvalue weighted by atomic mass is 16.5. The molecule has 0 aromatic carbocycles. The second-order valence-electron chi connectivity index (χ2n) is 10.2. The van der Waals surface area contributed by atoms with Gasteiger partial charge in [0.05, 0.1) is 17.3 Å². The smallest absolute Gasteiger partial charge is 0.0602 e. The van der Waals surface area contributed by atoms with E-state index in [4.69, 9.17) is 9.47 Å². The molecule has 2 atom stereocenters. The van der Waals surface area contributed by atoms with Crippen LogP contribution in [0.4, 0.5) is 0 Å². The van der Waals surface area contributed by atoms with Gasteiger partial charge in [0, 0.05) is 19.2 Å². The van der Waals surface area contributed by atoms with Crippen LogP contribution in [0.3, 0.4) is 0 Å². The van der Waals surface area contributed by atoms with E-state index < -0.39 is 0 Å². The Hall–Kier alpha value is -0.120. The molecule has 0 aromatic rings. The van der Waals surface area contributed by atoms with Crippen LogP contribution in [-0.4, -0.2) is 47.9 Å². The first-order chi connectivity index (χ1) is 11.0. The lowest BCUT2D eigenvalue weighted by Gasteiger charge is -2.45. The average molecular weight is 340 g/mol. The molecule has 1 aliphatic carbocycles. The zero-order valence-electron chi connectivity index (χ0n) is 17.2. The molecule has 1 saturated heterocycles. The molecule has 2 aliphatic rings. The van der Waals surface area contributed by atoms with Crippen molar-refractivity contribution < 1.29 is 9.47 Å². The fraction of sp³-hybridized carbons (Fsp3) is 1.00. The summed E-state index contributed by atoms with van der Waals surface area (Å²) in [5.41, 5.74) is 0.0125. The second kappa shape index (κ2) is 8.05. The molecule has 1 aliphatic heterocycles. The second-order valence-corrected chi connectivity index (χ2v) is 10.2. The number of piperidine rings is 1. The van der Waals surface area contributed by atoms with Crippen molar-refractivity contribution in [2.45, 2.75) is 104 Å². The molecule has 24 heavy (non-hydrogen) atoms. The molecular formula is C21H41NO2. The van der Waals surface area contributed by atoms with Gasteiger partial charge in [0.1, 0.15) is 0 Å². The first kappa shape index (κ1) is 20.2. The van der Waals surface area contributed by atoms with Crippen molar-refractivity contribution in [2.75, 3.05) is 19.7 Å². The number of ether oxygens (including phenoxy) is 2. The number of hydrogen-bond donors (Lipinski definition) is 0. The summed E-state index contributed by atoms with van der Waals surface area (Å²) >= 11 is 0. The highest BCUT2D eigenvalue weighted by molar-refractivity contribution is 4.87. The van der Waals surface area contributed by atoms with Gasteiger partial charge in [0.15, 0.2) is 0 Å². The largest absolute Gasteiger partial charge is 0.376 e. The van der Waals surface area contributed by atoms with Crippen LogP contribution in [-0.2, 0) is 9.47 Å². The molecule has 3 nitrogen and oxygen atoms in total. The Labute approximate surface area is 150 Å². The van der Waals surface area contributed by atoms with Crippen LogP contribution in [0.1, 0.15) is 80.6 Å². The van der Waals surface area contributed by atoms with Gasteiger partial charge in [-0.05, 0) is 99.0 Å². The van der Waals surface area contributed by atoms with Crippen LogP contribution in [0.2, 0.25) is 0 Å². The van der Waals surface area contributed by atoms with Crippen LogP contribution < -0.4 is 0 Å². The summed E-state index contributed by atoms with van der Waals surface area (Å²) in [5.74, 6) is 1.69. The van der Waals surface area contributed by atoms with Crippen molar-refractivity contribution >= 4 is 0 Å². The van der Waals surface area contributed by atoms with Crippen LogP contribution in [0.5, 0.6) is 0 Å². The van der Waals surface area contributed by atoms with Gasteiger partial charge in [-0.15, -0.1) is 0 Å². The molecule has 0 radical (unpaired) electrons. The van der Waals surface area contributed by atoms with Gasteiger partial charge in [-0.1, -0.05) is 0 Å². The fourth-order valence-corrected chi connectivity index (χ4v) is 4.13. The van der Waals surface area contributed by atoms with Crippen molar-refractivity contribution in [1.29, 1.82) is 0 Å². The predicted molar refractivity (Wildman–Crippen MR) is 101 cm³/mol. The summed E-state index contributed by atoms with van der Waals surface area (Å²) in [6, 6.07) is 0.723. The summed E-state index contributed by atoms with van der Waals surface area (Å²) < 4.78 is 12.0. The molecule has 0 amide bonds. The van der Waals surface area contributed by atoms with E-state index in [0.29, 0.717) is 6.10 Å². The Bertz CT molecular complexity index is 376. The van der Waals surface area contributed by atoms with E-state index in [1.807, 2.05) is 0 Å². The maximum Gasteiger partial charge on any atom is 0.0602 e. The standard InChI is InChI=1S/C21H41NO2/c1-16-12-17(9-11-23-20(2,3)4)8-10-22(16)15-18-13-19(14-18)24-21(5,6)7/h16-19H,8-15H2,1-7H3/t16-,17-,18?,19?/m0/s1. The topological polar surface area (TPSA) is 21.7 Å². The summed E-state index contributed by atoms with van der Waals surface area (Å²) in [4.78, 5) is 2.72. The minimum Gasteiger partial charge on any atom is -0.376 e. The Morgan fingerprint density at radius 2 is 1.58 bits per heavy atom. The molecule has 142 valence electrons. The third kappa shape index (κ3) is 7.01. The highest BCUT2D eigenvalue weighted by Gasteiger charge is 2.35. The maximum atomic E-state index is 6.08.